The fourth-order valence-corrected chi connectivity index (χ4v) is 3.36. The number of hydrogen-bond donors (Lipinski definition) is 2. The summed E-state index contributed by atoms with van der Waals surface area (Å²) < 4.78 is 11.7. The third kappa shape index (κ3) is 8.90. The van der Waals surface area contributed by atoms with Gasteiger partial charge in [0.25, 0.3) is 5.91 Å². The van der Waals surface area contributed by atoms with E-state index >= 15 is 0 Å². The summed E-state index contributed by atoms with van der Waals surface area (Å²) in [7, 11) is 0. The zero-order chi connectivity index (χ0) is 25.2. The molecule has 0 aromatic heterocycles. The molecule has 3 aromatic rings. The Morgan fingerprint density at radius 2 is 1.34 bits per heavy atom. The van der Waals surface area contributed by atoms with Crippen LogP contribution in [-0.4, -0.2) is 24.4 Å². The number of nitrogens with one attached hydrogen (secondary N) is 2. The Morgan fingerprint density at radius 3 is 2.00 bits per heavy atom. The number of rotatable bonds is 10. The van der Waals surface area contributed by atoms with Crippen molar-refractivity contribution in [2.24, 2.45) is 0 Å². The summed E-state index contributed by atoms with van der Waals surface area (Å²) in [6, 6.07) is 20.1. The molecule has 0 aliphatic rings. The topological polar surface area (TPSA) is 93.7 Å². The van der Waals surface area contributed by atoms with Crippen molar-refractivity contribution < 1.29 is 23.9 Å². The molecule has 0 radical (unpaired) electrons. The van der Waals surface area contributed by atoms with Crippen LogP contribution in [0.5, 0.6) is 11.5 Å². The molecule has 0 aliphatic carbocycles. The molecule has 35 heavy (non-hydrogen) atoms. The Bertz CT molecular complexity index is 1180. The van der Waals surface area contributed by atoms with Gasteiger partial charge in [-0.25, -0.2) is 0 Å². The lowest BCUT2D eigenvalue weighted by Crippen LogP contribution is -2.21. The van der Waals surface area contributed by atoms with Gasteiger partial charge in [-0.15, -0.1) is 0 Å². The van der Waals surface area contributed by atoms with E-state index in [1.807, 2.05) is 50.2 Å². The molecule has 7 nitrogen and oxygen atoms in total. The van der Waals surface area contributed by atoms with E-state index < -0.39 is 11.9 Å². The molecule has 0 bridgehead atoms. The first kappa shape index (κ1) is 26.0. The number of carbonyl (C=O) groups is 3. The lowest BCUT2D eigenvalue weighted by atomic mass is 10.1. The van der Waals surface area contributed by atoms with Crippen LogP contribution >= 0.6 is 15.9 Å². The number of carbonyl (C=O) groups excluding carboxylic acids is 3. The maximum atomic E-state index is 12.2. The molecule has 2 amide bonds. The largest absolute Gasteiger partial charge is 0.457 e. The van der Waals surface area contributed by atoms with Crippen LogP contribution < -0.4 is 15.4 Å². The van der Waals surface area contributed by atoms with Gasteiger partial charge in [-0.2, -0.15) is 0 Å². The molecule has 2 N–H and O–H groups in total. The molecule has 0 fully saturated rings. The first-order chi connectivity index (χ1) is 16.8. The number of esters is 1. The summed E-state index contributed by atoms with van der Waals surface area (Å²) in [4.78, 5) is 36.0. The standard InChI is InChI=1S/C27H27BrN2O5/c1-18-6-9-22(16-19(18)2)30-26(32)17-34-27(33)5-3-4-25(31)29-21-10-14-24(15-11-21)35-23-12-7-20(28)8-13-23/h6-16H,3-5,17H2,1-2H3,(H,29,31)(H,30,32). The second-order valence-electron chi connectivity index (χ2n) is 7.99. The Balaban J connectivity index is 1.32. The molecule has 0 saturated carbocycles. The fourth-order valence-electron chi connectivity index (χ4n) is 3.10. The molecule has 8 heteroatoms. The Labute approximate surface area is 213 Å². The molecule has 0 heterocycles. The van der Waals surface area contributed by atoms with Crippen molar-refractivity contribution in [3.63, 3.8) is 0 Å². The van der Waals surface area contributed by atoms with Crippen LogP contribution in [0.1, 0.15) is 30.4 Å². The zero-order valence-corrected chi connectivity index (χ0v) is 21.2. The second-order valence-corrected chi connectivity index (χ2v) is 8.91. The molecule has 3 aromatic carbocycles. The van der Waals surface area contributed by atoms with Crippen LogP contribution in [-0.2, 0) is 19.1 Å². The number of anilines is 2. The molecule has 0 saturated heterocycles. The van der Waals surface area contributed by atoms with Crippen molar-refractivity contribution in [2.45, 2.75) is 33.1 Å². The predicted molar refractivity (Wildman–Crippen MR) is 139 cm³/mol. The summed E-state index contributed by atoms with van der Waals surface area (Å²) >= 11 is 3.38. The Morgan fingerprint density at radius 1 is 0.743 bits per heavy atom. The van der Waals surface area contributed by atoms with Crippen LogP contribution in [0.2, 0.25) is 0 Å². The second kappa shape index (κ2) is 12.7. The molecule has 3 rings (SSSR count). The molecular weight excluding hydrogens is 512 g/mol. The third-order valence-electron chi connectivity index (χ3n) is 5.13. The highest BCUT2D eigenvalue weighted by Crippen LogP contribution is 2.24. The average Bonchev–Trinajstić information content (AvgIpc) is 2.83. The van der Waals surface area contributed by atoms with E-state index in [9.17, 15) is 14.4 Å². The normalized spacial score (nSPS) is 10.4. The summed E-state index contributed by atoms with van der Waals surface area (Å²) in [5, 5.41) is 5.48. The smallest absolute Gasteiger partial charge is 0.306 e. The molecule has 182 valence electrons. The number of benzene rings is 3. The van der Waals surface area contributed by atoms with Gasteiger partial charge < -0.3 is 20.1 Å². The van der Waals surface area contributed by atoms with Gasteiger partial charge >= 0.3 is 5.97 Å². The van der Waals surface area contributed by atoms with Crippen molar-refractivity contribution in [2.75, 3.05) is 17.2 Å². The van der Waals surface area contributed by atoms with Crippen molar-refractivity contribution in [1.29, 1.82) is 0 Å². The van der Waals surface area contributed by atoms with Crippen molar-refractivity contribution in [3.8, 4) is 11.5 Å². The number of amides is 2. The maximum Gasteiger partial charge on any atom is 0.306 e. The molecule has 0 unspecified atom stereocenters. The van der Waals surface area contributed by atoms with E-state index in [4.69, 9.17) is 9.47 Å². The van der Waals surface area contributed by atoms with E-state index in [1.165, 1.54) is 0 Å². The lowest BCUT2D eigenvalue weighted by Gasteiger charge is -2.09. The SMILES string of the molecule is Cc1ccc(NC(=O)COC(=O)CCCC(=O)Nc2ccc(Oc3ccc(Br)cc3)cc2)cc1C. The van der Waals surface area contributed by atoms with Crippen molar-refractivity contribution in [3.05, 3.63) is 82.3 Å². The van der Waals surface area contributed by atoms with Gasteiger partial charge in [-0.3, -0.25) is 14.4 Å². The highest BCUT2D eigenvalue weighted by molar-refractivity contribution is 9.10. The number of halogens is 1. The lowest BCUT2D eigenvalue weighted by molar-refractivity contribution is -0.147. The van der Waals surface area contributed by atoms with Gasteiger partial charge in [-0.05, 0) is 92.1 Å². The maximum absolute atomic E-state index is 12.2. The third-order valence-corrected chi connectivity index (χ3v) is 5.66. The number of aryl methyl sites for hydroxylation is 2. The Kier molecular flexibility index (Phi) is 9.43. The molecule has 0 aliphatic heterocycles. The minimum Gasteiger partial charge on any atom is -0.457 e. The number of hydrogen-bond acceptors (Lipinski definition) is 5. The van der Waals surface area contributed by atoms with Crippen LogP contribution in [0.3, 0.4) is 0 Å². The van der Waals surface area contributed by atoms with Crippen LogP contribution in [0.15, 0.2) is 71.2 Å². The Hall–Kier alpha value is -3.65. The molecule has 0 spiro atoms. The summed E-state index contributed by atoms with van der Waals surface area (Å²) in [6.45, 7) is 3.57. The minimum atomic E-state index is -0.525. The summed E-state index contributed by atoms with van der Waals surface area (Å²) in [6.07, 6.45) is 0.513. The van der Waals surface area contributed by atoms with Gasteiger partial charge in [0.2, 0.25) is 5.91 Å². The minimum absolute atomic E-state index is 0.0459. The van der Waals surface area contributed by atoms with Gasteiger partial charge in [-0.1, -0.05) is 22.0 Å². The van der Waals surface area contributed by atoms with Crippen LogP contribution in [0, 0.1) is 13.8 Å². The quantitative estimate of drug-likeness (QED) is 0.302. The van der Waals surface area contributed by atoms with E-state index in [0.717, 1.165) is 15.6 Å². The fraction of sp³-hybridized carbons (Fsp3) is 0.222. The number of ether oxygens (including phenoxy) is 2. The van der Waals surface area contributed by atoms with Crippen molar-refractivity contribution >= 4 is 45.1 Å². The first-order valence-electron chi connectivity index (χ1n) is 11.1. The van der Waals surface area contributed by atoms with Crippen LogP contribution in [0.4, 0.5) is 11.4 Å². The monoisotopic (exact) mass is 538 g/mol. The van der Waals surface area contributed by atoms with E-state index in [1.54, 1.807) is 30.3 Å². The highest BCUT2D eigenvalue weighted by atomic mass is 79.9. The van der Waals surface area contributed by atoms with Gasteiger partial charge in [0.05, 0.1) is 0 Å². The average molecular weight is 539 g/mol. The molecular formula is C27H27BrN2O5. The summed E-state index contributed by atoms with van der Waals surface area (Å²) in [5.41, 5.74) is 3.46. The van der Waals surface area contributed by atoms with E-state index in [0.29, 0.717) is 29.3 Å². The van der Waals surface area contributed by atoms with Crippen LogP contribution in [0.25, 0.3) is 0 Å². The van der Waals surface area contributed by atoms with Gasteiger partial charge in [0.15, 0.2) is 6.61 Å². The zero-order valence-electron chi connectivity index (χ0n) is 19.6. The van der Waals surface area contributed by atoms with Gasteiger partial charge in [0.1, 0.15) is 11.5 Å². The molecule has 0 atom stereocenters. The van der Waals surface area contributed by atoms with E-state index in [2.05, 4.69) is 26.6 Å². The summed E-state index contributed by atoms with van der Waals surface area (Å²) in [5.74, 6) is 0.204. The van der Waals surface area contributed by atoms with Crippen molar-refractivity contribution in [1.82, 2.24) is 0 Å². The first-order valence-corrected chi connectivity index (χ1v) is 11.9. The highest BCUT2D eigenvalue weighted by Gasteiger charge is 2.10. The predicted octanol–water partition coefficient (Wildman–Crippen LogP) is 6.15. The van der Waals surface area contributed by atoms with Gasteiger partial charge in [0, 0.05) is 28.7 Å². The van der Waals surface area contributed by atoms with E-state index in [-0.39, 0.29) is 25.4 Å².